The van der Waals surface area contributed by atoms with E-state index in [1.807, 2.05) is 6.92 Å². The molecular weight excluding hydrogens is 232 g/mol. The molecule has 0 saturated heterocycles. The molecule has 2 aliphatic rings. The van der Waals surface area contributed by atoms with E-state index in [4.69, 9.17) is 10.9 Å². The summed E-state index contributed by atoms with van der Waals surface area (Å²) in [6.07, 6.45) is 4.92. The van der Waals surface area contributed by atoms with E-state index >= 15 is 0 Å². The van der Waals surface area contributed by atoms with Gasteiger partial charge in [0.25, 0.3) is 0 Å². The van der Waals surface area contributed by atoms with Gasteiger partial charge in [0.05, 0.1) is 6.04 Å². The summed E-state index contributed by atoms with van der Waals surface area (Å²) < 4.78 is 0. The lowest BCUT2D eigenvalue weighted by Gasteiger charge is -2.19. The number of carbonyl (C=O) groups is 1. The SMILES string of the molecule is CC(NCC1(CC(N)=NO)CC1)C(=O)NC1CC1. The Bertz CT molecular complexity index is 348. The zero-order chi connectivity index (χ0) is 13.2. The Morgan fingerprint density at radius 1 is 1.56 bits per heavy atom. The molecule has 2 fully saturated rings. The first-order valence-electron chi connectivity index (χ1n) is 6.55. The van der Waals surface area contributed by atoms with Gasteiger partial charge in [0.2, 0.25) is 5.91 Å². The highest BCUT2D eigenvalue weighted by Gasteiger charge is 2.43. The first-order valence-corrected chi connectivity index (χ1v) is 6.55. The van der Waals surface area contributed by atoms with Gasteiger partial charge in [0, 0.05) is 19.0 Å². The van der Waals surface area contributed by atoms with Gasteiger partial charge in [-0.05, 0) is 38.0 Å². The normalized spacial score (nSPS) is 23.5. The minimum atomic E-state index is -0.185. The van der Waals surface area contributed by atoms with E-state index in [9.17, 15) is 4.79 Å². The lowest BCUT2D eigenvalue weighted by Crippen LogP contribution is -2.45. The second kappa shape index (κ2) is 5.14. The van der Waals surface area contributed by atoms with Crippen LogP contribution in [0.2, 0.25) is 0 Å². The van der Waals surface area contributed by atoms with E-state index < -0.39 is 0 Å². The number of nitrogens with zero attached hydrogens (tertiary/aromatic N) is 1. The average Bonchev–Trinajstić information content (AvgIpc) is 3.24. The maximum Gasteiger partial charge on any atom is 0.237 e. The molecule has 102 valence electrons. The molecule has 1 unspecified atom stereocenters. The van der Waals surface area contributed by atoms with Gasteiger partial charge in [-0.1, -0.05) is 5.16 Å². The summed E-state index contributed by atoms with van der Waals surface area (Å²) in [6, 6.07) is 0.212. The molecule has 0 aromatic heterocycles. The zero-order valence-electron chi connectivity index (χ0n) is 10.8. The smallest absolute Gasteiger partial charge is 0.237 e. The van der Waals surface area contributed by atoms with Crippen molar-refractivity contribution in [2.24, 2.45) is 16.3 Å². The number of nitrogens with one attached hydrogen (secondary N) is 2. The van der Waals surface area contributed by atoms with E-state index in [1.54, 1.807) is 0 Å². The zero-order valence-corrected chi connectivity index (χ0v) is 10.8. The number of hydrogen-bond acceptors (Lipinski definition) is 4. The largest absolute Gasteiger partial charge is 0.409 e. The van der Waals surface area contributed by atoms with Crippen molar-refractivity contribution in [1.29, 1.82) is 0 Å². The van der Waals surface area contributed by atoms with Gasteiger partial charge in [0.1, 0.15) is 5.84 Å². The molecule has 1 amide bonds. The number of hydrogen-bond donors (Lipinski definition) is 4. The van der Waals surface area contributed by atoms with Gasteiger partial charge >= 0.3 is 0 Å². The highest BCUT2D eigenvalue weighted by Crippen LogP contribution is 2.48. The number of rotatable bonds is 7. The molecule has 0 aromatic carbocycles. The lowest BCUT2D eigenvalue weighted by atomic mass is 10.0. The molecule has 6 heteroatoms. The maximum atomic E-state index is 11.7. The first kappa shape index (κ1) is 13.1. The molecule has 0 spiro atoms. The molecule has 6 nitrogen and oxygen atoms in total. The number of oxime groups is 1. The van der Waals surface area contributed by atoms with Gasteiger partial charge in [-0.2, -0.15) is 0 Å². The second-order valence-electron chi connectivity index (χ2n) is 5.65. The third kappa shape index (κ3) is 3.60. The molecule has 0 aliphatic heterocycles. The Morgan fingerprint density at radius 3 is 2.72 bits per heavy atom. The molecule has 0 bridgehead atoms. The van der Waals surface area contributed by atoms with Crippen molar-refractivity contribution in [1.82, 2.24) is 10.6 Å². The molecule has 5 N–H and O–H groups in total. The van der Waals surface area contributed by atoms with Crippen LogP contribution < -0.4 is 16.4 Å². The van der Waals surface area contributed by atoms with E-state index in [0.717, 1.165) is 32.2 Å². The summed E-state index contributed by atoms with van der Waals surface area (Å²) in [5.74, 6) is 0.335. The summed E-state index contributed by atoms with van der Waals surface area (Å²) in [5.41, 5.74) is 5.62. The van der Waals surface area contributed by atoms with Gasteiger partial charge in [-0.15, -0.1) is 0 Å². The Hall–Kier alpha value is -1.30. The van der Waals surface area contributed by atoms with E-state index in [2.05, 4.69) is 15.8 Å². The number of amidine groups is 1. The Morgan fingerprint density at radius 2 is 2.22 bits per heavy atom. The summed E-state index contributed by atoms with van der Waals surface area (Å²) in [5, 5.41) is 17.8. The van der Waals surface area contributed by atoms with Crippen molar-refractivity contribution in [3.8, 4) is 0 Å². The first-order chi connectivity index (χ1) is 8.54. The van der Waals surface area contributed by atoms with Crippen molar-refractivity contribution < 1.29 is 10.0 Å². The Labute approximate surface area is 107 Å². The number of nitrogens with two attached hydrogens (primary N) is 1. The topological polar surface area (TPSA) is 99.7 Å². The van der Waals surface area contributed by atoms with Gasteiger partial charge in [-0.25, -0.2) is 0 Å². The molecule has 0 heterocycles. The third-order valence-corrected chi connectivity index (χ3v) is 3.74. The van der Waals surface area contributed by atoms with Gasteiger partial charge in [-0.3, -0.25) is 4.79 Å². The molecule has 0 aromatic rings. The van der Waals surface area contributed by atoms with Crippen molar-refractivity contribution >= 4 is 11.7 Å². The number of carbonyl (C=O) groups excluding carboxylic acids is 1. The fraction of sp³-hybridized carbons (Fsp3) is 0.833. The Balaban J connectivity index is 1.71. The monoisotopic (exact) mass is 254 g/mol. The predicted molar refractivity (Wildman–Crippen MR) is 68.3 cm³/mol. The maximum absolute atomic E-state index is 11.7. The van der Waals surface area contributed by atoms with Crippen LogP contribution in [-0.4, -0.2) is 35.6 Å². The van der Waals surface area contributed by atoms with Crippen molar-refractivity contribution in [2.45, 2.75) is 51.1 Å². The third-order valence-electron chi connectivity index (χ3n) is 3.74. The molecular formula is C12H22N4O2. The molecule has 2 rings (SSSR count). The van der Waals surface area contributed by atoms with E-state index in [-0.39, 0.29) is 23.2 Å². The Kier molecular flexibility index (Phi) is 3.75. The van der Waals surface area contributed by atoms with Crippen molar-refractivity contribution in [3.63, 3.8) is 0 Å². The van der Waals surface area contributed by atoms with E-state index in [1.165, 1.54) is 0 Å². The van der Waals surface area contributed by atoms with Crippen LogP contribution in [0, 0.1) is 5.41 Å². The molecule has 1 atom stereocenters. The van der Waals surface area contributed by atoms with Crippen LogP contribution >= 0.6 is 0 Å². The minimum absolute atomic E-state index is 0.0668. The second-order valence-corrected chi connectivity index (χ2v) is 5.65. The highest BCUT2D eigenvalue weighted by atomic mass is 16.4. The molecule has 0 radical (unpaired) electrons. The fourth-order valence-corrected chi connectivity index (χ4v) is 2.03. The summed E-state index contributed by atoms with van der Waals surface area (Å²) in [6.45, 7) is 2.61. The molecule has 18 heavy (non-hydrogen) atoms. The minimum Gasteiger partial charge on any atom is -0.409 e. The summed E-state index contributed by atoms with van der Waals surface area (Å²) in [4.78, 5) is 11.7. The van der Waals surface area contributed by atoms with Crippen LogP contribution in [0.4, 0.5) is 0 Å². The van der Waals surface area contributed by atoms with Crippen LogP contribution in [0.3, 0.4) is 0 Å². The average molecular weight is 254 g/mol. The van der Waals surface area contributed by atoms with Crippen LogP contribution in [0.15, 0.2) is 5.16 Å². The van der Waals surface area contributed by atoms with Gasteiger partial charge in [0.15, 0.2) is 0 Å². The van der Waals surface area contributed by atoms with Crippen LogP contribution in [0.1, 0.15) is 39.0 Å². The predicted octanol–water partition coefficient (Wildman–Crippen LogP) is 0.160. The van der Waals surface area contributed by atoms with Crippen LogP contribution in [-0.2, 0) is 4.79 Å². The highest BCUT2D eigenvalue weighted by molar-refractivity contribution is 5.82. The molecule has 2 aliphatic carbocycles. The van der Waals surface area contributed by atoms with Crippen molar-refractivity contribution in [3.05, 3.63) is 0 Å². The summed E-state index contributed by atoms with van der Waals surface area (Å²) in [7, 11) is 0. The molecule has 2 saturated carbocycles. The quantitative estimate of drug-likeness (QED) is 0.225. The van der Waals surface area contributed by atoms with Gasteiger partial charge < -0.3 is 21.6 Å². The van der Waals surface area contributed by atoms with Crippen molar-refractivity contribution in [2.75, 3.05) is 6.54 Å². The number of amides is 1. The summed E-state index contributed by atoms with van der Waals surface area (Å²) >= 11 is 0. The standard InChI is InChI=1S/C12H22N4O2/c1-8(11(17)15-9-2-3-9)14-7-12(4-5-12)6-10(13)16-18/h8-9,14,18H,2-7H2,1H3,(H2,13,16)(H,15,17). The van der Waals surface area contributed by atoms with Crippen LogP contribution in [0.5, 0.6) is 0 Å². The fourth-order valence-electron chi connectivity index (χ4n) is 2.03. The van der Waals surface area contributed by atoms with E-state index in [0.29, 0.717) is 12.5 Å². The lowest BCUT2D eigenvalue weighted by molar-refractivity contribution is -0.122. The van der Waals surface area contributed by atoms with Crippen LogP contribution in [0.25, 0.3) is 0 Å².